The molecule has 3 rings (SSSR count). The molecule has 1 aromatic carbocycles. The van der Waals surface area contributed by atoms with Crippen LogP contribution in [0.1, 0.15) is 28.8 Å². The van der Waals surface area contributed by atoms with Gasteiger partial charge in [0.1, 0.15) is 11.5 Å². The monoisotopic (exact) mass is 453 g/mol. The molecule has 172 valence electrons. The Balaban J connectivity index is 1.64. The van der Waals surface area contributed by atoms with E-state index >= 15 is 0 Å². The van der Waals surface area contributed by atoms with E-state index in [0.29, 0.717) is 17.6 Å². The number of nitrogens with one attached hydrogen (secondary N) is 1. The van der Waals surface area contributed by atoms with Crippen LogP contribution >= 0.6 is 0 Å². The van der Waals surface area contributed by atoms with Crippen LogP contribution in [0.3, 0.4) is 0 Å². The maximum atomic E-state index is 14.5. The summed E-state index contributed by atoms with van der Waals surface area (Å²) in [5, 5.41) is 20.9. The molecule has 2 amide bonds. The second-order valence-corrected chi connectivity index (χ2v) is 7.60. The Morgan fingerprint density at radius 3 is 2.62 bits per heavy atom. The number of rotatable bonds is 5. The van der Waals surface area contributed by atoms with Gasteiger partial charge in [-0.05, 0) is 54.3 Å². The average Bonchev–Trinajstić information content (AvgIpc) is 2.73. The molecule has 2 aromatic rings. The summed E-state index contributed by atoms with van der Waals surface area (Å²) < 4.78 is 53.1. The van der Waals surface area contributed by atoms with E-state index in [2.05, 4.69) is 10.3 Å². The molecule has 0 saturated heterocycles. The molecule has 32 heavy (non-hydrogen) atoms. The van der Waals surface area contributed by atoms with Gasteiger partial charge in [-0.25, -0.2) is 9.18 Å². The number of halogens is 4. The van der Waals surface area contributed by atoms with Crippen molar-refractivity contribution in [3.8, 4) is 0 Å². The van der Waals surface area contributed by atoms with Crippen LogP contribution in [0.2, 0.25) is 0 Å². The van der Waals surface area contributed by atoms with Crippen molar-refractivity contribution in [1.29, 1.82) is 0 Å². The van der Waals surface area contributed by atoms with E-state index in [0.717, 1.165) is 6.07 Å². The minimum atomic E-state index is -4.46. The highest BCUT2D eigenvalue weighted by Crippen LogP contribution is 2.33. The molecule has 10 heteroatoms. The van der Waals surface area contributed by atoms with Gasteiger partial charge in [0.25, 0.3) is 0 Å². The zero-order chi connectivity index (χ0) is 23.5. The molecule has 1 aromatic heterocycles. The number of urea groups is 1. The molecule has 1 atom stereocenters. The first-order valence-electron chi connectivity index (χ1n) is 9.95. The molecule has 0 aliphatic carbocycles. The van der Waals surface area contributed by atoms with Crippen molar-refractivity contribution in [3.05, 3.63) is 64.7 Å². The van der Waals surface area contributed by atoms with E-state index in [4.69, 9.17) is 5.11 Å². The molecule has 0 bridgehead atoms. The number of benzene rings is 1. The van der Waals surface area contributed by atoms with Crippen LogP contribution in [-0.4, -0.2) is 51.9 Å². The largest absolute Gasteiger partial charge is 0.416 e. The summed E-state index contributed by atoms with van der Waals surface area (Å²) >= 11 is 0. The van der Waals surface area contributed by atoms with E-state index in [-0.39, 0.29) is 36.5 Å². The number of anilines is 1. The van der Waals surface area contributed by atoms with Gasteiger partial charge in [-0.15, -0.1) is 0 Å². The van der Waals surface area contributed by atoms with Gasteiger partial charge < -0.3 is 20.4 Å². The highest BCUT2D eigenvalue weighted by molar-refractivity contribution is 5.90. The van der Waals surface area contributed by atoms with Crippen LogP contribution in [0.4, 0.5) is 28.0 Å². The van der Waals surface area contributed by atoms with Gasteiger partial charge in [-0.2, -0.15) is 13.2 Å². The molecule has 3 N–H and O–H groups in total. The molecule has 0 saturated carbocycles. The maximum absolute atomic E-state index is 14.5. The van der Waals surface area contributed by atoms with Crippen molar-refractivity contribution >= 4 is 17.3 Å². The van der Waals surface area contributed by atoms with E-state index in [1.54, 1.807) is 6.08 Å². The summed E-state index contributed by atoms with van der Waals surface area (Å²) in [7, 11) is 0. The van der Waals surface area contributed by atoms with E-state index in [9.17, 15) is 27.5 Å². The third-order valence-electron chi connectivity index (χ3n) is 5.16. The quantitative estimate of drug-likeness (QED) is 0.602. The van der Waals surface area contributed by atoms with E-state index < -0.39 is 36.3 Å². The van der Waals surface area contributed by atoms with Crippen molar-refractivity contribution in [2.45, 2.75) is 32.0 Å². The van der Waals surface area contributed by atoms with Gasteiger partial charge in [-0.3, -0.25) is 4.98 Å². The molecule has 0 fully saturated rings. The fourth-order valence-electron chi connectivity index (χ4n) is 3.49. The zero-order valence-corrected chi connectivity index (χ0v) is 17.3. The number of carbonyl (C=O) groups is 1. The number of alkyl halides is 3. The highest BCUT2D eigenvalue weighted by atomic mass is 19.4. The second-order valence-electron chi connectivity index (χ2n) is 7.60. The minimum Gasteiger partial charge on any atom is -0.394 e. The Bertz CT molecular complexity index is 1020. The Morgan fingerprint density at radius 2 is 2.06 bits per heavy atom. The standard InChI is InChI=1S/C22H23F4N3O3/c1-13-8-16(2-3-18(13)22(24,25)26)28-21(32)29-6-4-15(5-7-29)20-19(23)10-14(11-27-20)9-17(31)12-30/h2-4,8,10-11,17,30-31H,5-7,9,12H2,1H3,(H,28,32)/t17-/m1/s1. The topological polar surface area (TPSA) is 85.7 Å². The summed E-state index contributed by atoms with van der Waals surface area (Å²) in [6.45, 7) is 1.36. The fourth-order valence-corrected chi connectivity index (χ4v) is 3.49. The minimum absolute atomic E-state index is 0.00706. The lowest BCUT2D eigenvalue weighted by Gasteiger charge is -2.27. The smallest absolute Gasteiger partial charge is 0.394 e. The van der Waals surface area contributed by atoms with Crippen molar-refractivity contribution in [3.63, 3.8) is 0 Å². The number of nitrogens with zero attached hydrogens (tertiary/aromatic N) is 2. The maximum Gasteiger partial charge on any atom is 0.416 e. The zero-order valence-electron chi connectivity index (χ0n) is 17.3. The van der Waals surface area contributed by atoms with E-state index in [1.165, 1.54) is 36.2 Å². The first-order chi connectivity index (χ1) is 15.1. The van der Waals surface area contributed by atoms with Gasteiger partial charge in [0, 0.05) is 31.4 Å². The number of hydrogen-bond donors (Lipinski definition) is 3. The van der Waals surface area contributed by atoms with Crippen molar-refractivity contribution in [2.75, 3.05) is 25.0 Å². The van der Waals surface area contributed by atoms with Gasteiger partial charge in [0.2, 0.25) is 0 Å². The SMILES string of the molecule is Cc1cc(NC(=O)N2CC=C(c3ncc(C[C@@H](O)CO)cc3F)CC2)ccc1C(F)(F)F. The number of aliphatic hydroxyl groups excluding tert-OH is 2. The van der Waals surface area contributed by atoms with Crippen LogP contribution in [0, 0.1) is 12.7 Å². The summed E-state index contributed by atoms with van der Waals surface area (Å²) in [5.41, 5.74) is 0.748. The summed E-state index contributed by atoms with van der Waals surface area (Å²) in [6, 6.07) is 4.18. The lowest BCUT2D eigenvalue weighted by molar-refractivity contribution is -0.138. The van der Waals surface area contributed by atoms with Gasteiger partial charge >= 0.3 is 12.2 Å². The number of aliphatic hydroxyl groups is 2. The summed E-state index contributed by atoms with van der Waals surface area (Å²) in [6.07, 6.45) is -1.91. The Labute approximate surface area is 182 Å². The number of pyridine rings is 1. The van der Waals surface area contributed by atoms with Crippen LogP contribution < -0.4 is 5.32 Å². The Morgan fingerprint density at radius 1 is 1.31 bits per heavy atom. The molecule has 1 aliphatic heterocycles. The van der Waals surface area contributed by atoms with Gasteiger partial charge in [0.15, 0.2) is 0 Å². The van der Waals surface area contributed by atoms with Gasteiger partial charge in [0.05, 0.1) is 18.3 Å². The number of hydrogen-bond acceptors (Lipinski definition) is 4. The first kappa shape index (κ1) is 23.7. The first-order valence-corrected chi connectivity index (χ1v) is 9.95. The van der Waals surface area contributed by atoms with Crippen LogP contribution in [-0.2, 0) is 12.6 Å². The molecular weight excluding hydrogens is 430 g/mol. The van der Waals surface area contributed by atoms with Crippen molar-refractivity contribution in [2.24, 2.45) is 0 Å². The third-order valence-corrected chi connectivity index (χ3v) is 5.16. The lowest BCUT2D eigenvalue weighted by Crippen LogP contribution is -2.38. The average molecular weight is 453 g/mol. The summed E-state index contributed by atoms with van der Waals surface area (Å²) in [4.78, 5) is 18.1. The molecular formula is C22H23F4N3O3. The molecule has 6 nitrogen and oxygen atoms in total. The van der Waals surface area contributed by atoms with Crippen molar-refractivity contribution < 1.29 is 32.6 Å². The molecule has 0 unspecified atom stereocenters. The van der Waals surface area contributed by atoms with Crippen LogP contribution in [0.5, 0.6) is 0 Å². The molecule has 2 heterocycles. The number of aryl methyl sites for hydroxylation is 1. The van der Waals surface area contributed by atoms with Crippen molar-refractivity contribution in [1.82, 2.24) is 9.88 Å². The van der Waals surface area contributed by atoms with Crippen LogP contribution in [0.25, 0.3) is 5.57 Å². The normalized spacial score (nSPS) is 15.3. The van der Waals surface area contributed by atoms with Gasteiger partial charge in [-0.1, -0.05) is 6.08 Å². The highest BCUT2D eigenvalue weighted by Gasteiger charge is 2.32. The number of aromatic nitrogens is 1. The molecule has 0 spiro atoms. The predicted octanol–water partition coefficient (Wildman–Crippen LogP) is 3.76. The molecule has 1 aliphatic rings. The molecule has 0 radical (unpaired) electrons. The number of carbonyl (C=O) groups excluding carboxylic acids is 1. The fraction of sp³-hybridized carbons (Fsp3) is 0.364. The van der Waals surface area contributed by atoms with Crippen LogP contribution in [0.15, 0.2) is 36.5 Å². The summed E-state index contributed by atoms with van der Waals surface area (Å²) in [5.74, 6) is -0.558. The van der Waals surface area contributed by atoms with E-state index in [1.807, 2.05) is 0 Å². The Hall–Kier alpha value is -2.98. The number of amides is 2. The Kier molecular flexibility index (Phi) is 7.15. The lowest BCUT2D eigenvalue weighted by atomic mass is 10.0. The predicted molar refractivity (Wildman–Crippen MR) is 110 cm³/mol. The second kappa shape index (κ2) is 9.66. The third kappa shape index (κ3) is 5.63.